The second-order valence-electron chi connectivity index (χ2n) is 21.7. The molecule has 10 heteroatoms. The zero-order chi connectivity index (χ0) is 52.0. The molecule has 418 valence electrons. The number of allylic oxidation sites excluding steroid dienone is 6. The third kappa shape index (κ3) is 57.4. The van der Waals surface area contributed by atoms with Gasteiger partial charge in [0.15, 0.2) is 6.10 Å². The number of nitrogens with zero attached hydrogens (tertiary/aromatic N) is 1. The lowest BCUT2D eigenvalue weighted by molar-refractivity contribution is -0.870. The maximum Gasteiger partial charge on any atom is 0.472 e. The van der Waals surface area contributed by atoms with Gasteiger partial charge in [0.1, 0.15) is 19.8 Å². The van der Waals surface area contributed by atoms with Crippen LogP contribution in [0.1, 0.15) is 290 Å². The molecule has 0 radical (unpaired) electrons. The van der Waals surface area contributed by atoms with Gasteiger partial charge in [-0.25, -0.2) is 4.57 Å². The average Bonchev–Trinajstić information content (AvgIpc) is 3.33. The number of rotatable bonds is 56. The van der Waals surface area contributed by atoms with Gasteiger partial charge in [-0.1, -0.05) is 262 Å². The minimum atomic E-state index is -4.39. The quantitative estimate of drug-likeness (QED) is 0.0211. The minimum absolute atomic E-state index is 0.0301. The molecule has 0 fully saturated rings. The van der Waals surface area contributed by atoms with Crippen molar-refractivity contribution in [1.29, 1.82) is 0 Å². The Morgan fingerprint density at radius 2 is 0.761 bits per heavy atom. The smallest absolute Gasteiger partial charge is 0.462 e. The van der Waals surface area contributed by atoms with Crippen molar-refractivity contribution < 1.29 is 42.1 Å². The molecule has 71 heavy (non-hydrogen) atoms. The molecule has 0 saturated carbocycles. The molecule has 0 aliphatic carbocycles. The van der Waals surface area contributed by atoms with Gasteiger partial charge in [-0.2, -0.15) is 0 Å². The molecule has 0 saturated heterocycles. The highest BCUT2D eigenvalue weighted by Gasteiger charge is 2.27. The molecule has 0 aliphatic heterocycles. The Labute approximate surface area is 440 Å². The van der Waals surface area contributed by atoms with E-state index in [4.69, 9.17) is 18.5 Å². The Morgan fingerprint density at radius 3 is 1.13 bits per heavy atom. The second kappa shape index (κ2) is 53.1. The summed E-state index contributed by atoms with van der Waals surface area (Å²) in [4.78, 5) is 35.7. The number of esters is 2. The first-order valence-electron chi connectivity index (χ1n) is 30.2. The lowest BCUT2D eigenvalue weighted by Gasteiger charge is -2.24. The predicted molar refractivity (Wildman–Crippen MR) is 303 cm³/mol. The molecule has 0 bridgehead atoms. The van der Waals surface area contributed by atoms with Gasteiger partial charge in [0.25, 0.3) is 0 Å². The number of carbonyl (C=O) groups is 2. The lowest BCUT2D eigenvalue weighted by Crippen LogP contribution is -2.37. The molecule has 0 aromatic heterocycles. The molecule has 0 aromatic rings. The number of unbranched alkanes of at least 4 members (excludes halogenated alkanes) is 36. The van der Waals surface area contributed by atoms with Crippen LogP contribution in [0.3, 0.4) is 0 Å². The largest absolute Gasteiger partial charge is 0.472 e. The van der Waals surface area contributed by atoms with E-state index in [1.54, 1.807) is 0 Å². The van der Waals surface area contributed by atoms with Crippen LogP contribution in [-0.2, 0) is 32.7 Å². The summed E-state index contributed by atoms with van der Waals surface area (Å²) in [5.41, 5.74) is 0. The Morgan fingerprint density at radius 1 is 0.437 bits per heavy atom. The Bertz CT molecular complexity index is 1300. The zero-order valence-corrected chi connectivity index (χ0v) is 48.4. The number of phosphoric ester groups is 1. The van der Waals surface area contributed by atoms with Crippen molar-refractivity contribution in [3.05, 3.63) is 36.5 Å². The first kappa shape index (κ1) is 69.2. The Hall–Kier alpha value is -1.77. The van der Waals surface area contributed by atoms with Crippen LogP contribution in [0.15, 0.2) is 36.5 Å². The van der Waals surface area contributed by atoms with Crippen LogP contribution in [0.2, 0.25) is 0 Å². The lowest BCUT2D eigenvalue weighted by atomic mass is 10.0. The third-order valence-corrected chi connectivity index (χ3v) is 14.4. The van der Waals surface area contributed by atoms with Crippen molar-refractivity contribution in [2.45, 2.75) is 296 Å². The van der Waals surface area contributed by atoms with Gasteiger partial charge in [0, 0.05) is 12.8 Å². The minimum Gasteiger partial charge on any atom is -0.462 e. The summed E-state index contributed by atoms with van der Waals surface area (Å²) in [6.07, 6.45) is 65.0. The number of hydrogen-bond acceptors (Lipinski definition) is 7. The van der Waals surface area contributed by atoms with E-state index in [-0.39, 0.29) is 25.6 Å². The summed E-state index contributed by atoms with van der Waals surface area (Å²) in [5.74, 6) is -0.798. The molecule has 0 spiro atoms. The summed E-state index contributed by atoms with van der Waals surface area (Å²) in [6, 6.07) is 0. The van der Waals surface area contributed by atoms with Crippen LogP contribution in [-0.4, -0.2) is 74.9 Å². The zero-order valence-electron chi connectivity index (χ0n) is 47.5. The third-order valence-electron chi connectivity index (χ3n) is 13.4. The van der Waals surface area contributed by atoms with E-state index in [2.05, 4.69) is 50.3 Å². The van der Waals surface area contributed by atoms with Gasteiger partial charge < -0.3 is 18.9 Å². The number of ether oxygens (including phenoxy) is 2. The normalized spacial score (nSPS) is 13.5. The molecule has 2 atom stereocenters. The van der Waals surface area contributed by atoms with Gasteiger partial charge >= 0.3 is 19.8 Å². The summed E-state index contributed by atoms with van der Waals surface area (Å²) in [5, 5.41) is 0. The monoisotopic (exact) mass is 1020 g/mol. The van der Waals surface area contributed by atoms with Crippen molar-refractivity contribution >= 4 is 19.8 Å². The maximum atomic E-state index is 12.8. The van der Waals surface area contributed by atoms with E-state index < -0.39 is 26.5 Å². The molecule has 0 heterocycles. The van der Waals surface area contributed by atoms with Crippen LogP contribution < -0.4 is 0 Å². The molecule has 1 N–H and O–H groups in total. The van der Waals surface area contributed by atoms with Crippen LogP contribution >= 0.6 is 7.82 Å². The van der Waals surface area contributed by atoms with Gasteiger partial charge in [0.2, 0.25) is 0 Å². The molecule has 0 aliphatic rings. The highest BCUT2D eigenvalue weighted by Crippen LogP contribution is 2.43. The van der Waals surface area contributed by atoms with Crippen molar-refractivity contribution in [2.24, 2.45) is 0 Å². The molecule has 2 unspecified atom stereocenters. The van der Waals surface area contributed by atoms with E-state index in [1.807, 2.05) is 21.1 Å². The topological polar surface area (TPSA) is 108 Å². The van der Waals surface area contributed by atoms with Crippen molar-refractivity contribution in [2.75, 3.05) is 47.5 Å². The molecular weight excluding hydrogens is 906 g/mol. The molecule has 0 aromatic carbocycles. The van der Waals surface area contributed by atoms with Gasteiger partial charge in [0.05, 0.1) is 27.7 Å². The first-order chi connectivity index (χ1) is 34.5. The van der Waals surface area contributed by atoms with E-state index in [1.165, 1.54) is 186 Å². The first-order valence-corrected chi connectivity index (χ1v) is 31.7. The van der Waals surface area contributed by atoms with Crippen LogP contribution in [0.5, 0.6) is 0 Å². The fraction of sp³-hybridized carbons (Fsp3) is 0.869. The Kier molecular flexibility index (Phi) is 51.7. The van der Waals surface area contributed by atoms with Gasteiger partial charge in [-0.05, 0) is 51.4 Å². The number of hydrogen-bond donors (Lipinski definition) is 1. The summed E-state index contributed by atoms with van der Waals surface area (Å²) < 4.78 is 34.6. The SMILES string of the molecule is CCCCCCC/C=C\C/C=C\C/C=C\CCCCCCCCC(=O)OC(COC(=O)CCCCCCCCCCCCCCCCCCCCCCCCCCCC)COP(=O)(O)OCC[N+](C)(C)C. The molecule has 0 amide bonds. The molecule has 9 nitrogen and oxygen atoms in total. The fourth-order valence-electron chi connectivity index (χ4n) is 8.73. The summed E-state index contributed by atoms with van der Waals surface area (Å²) in [7, 11) is 1.48. The van der Waals surface area contributed by atoms with E-state index >= 15 is 0 Å². The number of phosphoric acid groups is 1. The van der Waals surface area contributed by atoms with Crippen molar-refractivity contribution in [3.8, 4) is 0 Å². The second-order valence-corrected chi connectivity index (χ2v) is 23.2. The van der Waals surface area contributed by atoms with Crippen molar-refractivity contribution in [1.82, 2.24) is 0 Å². The maximum absolute atomic E-state index is 12.8. The molecular formula is C61H117NO8P+. The summed E-state index contributed by atoms with van der Waals surface area (Å²) >= 11 is 0. The van der Waals surface area contributed by atoms with E-state index in [0.29, 0.717) is 23.9 Å². The highest BCUT2D eigenvalue weighted by molar-refractivity contribution is 7.47. The Balaban J connectivity index is 4.12. The number of carbonyl (C=O) groups excluding carboxylic acids is 2. The fourth-order valence-corrected chi connectivity index (χ4v) is 9.47. The van der Waals surface area contributed by atoms with E-state index in [0.717, 1.165) is 70.6 Å². The van der Waals surface area contributed by atoms with E-state index in [9.17, 15) is 19.0 Å². The number of quaternary nitrogens is 1. The van der Waals surface area contributed by atoms with Crippen LogP contribution in [0.25, 0.3) is 0 Å². The standard InChI is InChI=1S/C61H116NO8P/c1-6-8-10-12-14-16-18-20-22-24-26-28-29-30-31-32-34-35-37-39-41-43-45-47-49-51-53-60(63)67-57-59(58-69-71(65,66)68-56-55-62(3,4)5)70-61(64)54-52-50-48-46-44-42-40-38-36-33-27-25-23-21-19-17-15-13-11-9-7-2/h19,21,25,27,36,38,59H,6-18,20,22-24,26,28-35,37,39-58H2,1-5H3/p+1/b21-19-,27-25-,38-36-. The van der Waals surface area contributed by atoms with Crippen molar-refractivity contribution in [3.63, 3.8) is 0 Å². The summed E-state index contributed by atoms with van der Waals surface area (Å²) in [6.45, 7) is 4.45. The van der Waals surface area contributed by atoms with Crippen LogP contribution in [0, 0.1) is 0 Å². The molecule has 0 rings (SSSR count). The van der Waals surface area contributed by atoms with Gasteiger partial charge in [-0.3, -0.25) is 18.6 Å². The number of likely N-dealkylation sites (N-methyl/N-ethyl adjacent to an activating group) is 1. The van der Waals surface area contributed by atoms with Gasteiger partial charge in [-0.15, -0.1) is 0 Å². The highest BCUT2D eigenvalue weighted by atomic mass is 31.2. The predicted octanol–water partition coefficient (Wildman–Crippen LogP) is 18.8. The van der Waals surface area contributed by atoms with Crippen LogP contribution in [0.4, 0.5) is 0 Å². The average molecular weight is 1020 g/mol.